The van der Waals surface area contributed by atoms with Crippen LogP contribution < -0.4 is 10.6 Å². The maximum Gasteiger partial charge on any atom is 0.241 e. The van der Waals surface area contributed by atoms with Crippen LogP contribution >= 0.6 is 35.0 Å². The summed E-state index contributed by atoms with van der Waals surface area (Å²) in [7, 11) is 0. The van der Waals surface area contributed by atoms with E-state index in [0.717, 1.165) is 25.1 Å². The van der Waals surface area contributed by atoms with E-state index < -0.39 is 0 Å². The molecule has 1 aromatic carbocycles. The van der Waals surface area contributed by atoms with Gasteiger partial charge in [-0.15, -0.1) is 12.4 Å². The Kier molecular flexibility index (Phi) is 5.69. The summed E-state index contributed by atoms with van der Waals surface area (Å²) in [5.41, 5.74) is 2.12. The maximum absolute atomic E-state index is 11.8. The zero-order valence-electron chi connectivity index (χ0n) is 9.63. The van der Waals surface area contributed by atoms with Gasteiger partial charge in [-0.25, -0.2) is 0 Å². The van der Waals surface area contributed by atoms with E-state index in [-0.39, 0.29) is 24.4 Å². The fourth-order valence-electron chi connectivity index (χ4n) is 1.81. The van der Waals surface area contributed by atoms with E-state index in [1.807, 2.05) is 18.2 Å². The number of halogens is 2. The SMILES string of the molecule is Cc1ccc(NC(=O)C2CCCN2)cc1I.Cl. The molecular formula is C12H16ClIN2O. The zero-order chi connectivity index (χ0) is 11.5. The molecule has 0 spiro atoms. The average molecular weight is 367 g/mol. The fraction of sp³-hybridized carbons (Fsp3) is 0.417. The van der Waals surface area contributed by atoms with Crippen LogP contribution in [0.4, 0.5) is 5.69 Å². The molecule has 17 heavy (non-hydrogen) atoms. The van der Waals surface area contributed by atoms with Crippen molar-refractivity contribution in [3.63, 3.8) is 0 Å². The van der Waals surface area contributed by atoms with Crippen LogP contribution in [0.2, 0.25) is 0 Å². The summed E-state index contributed by atoms with van der Waals surface area (Å²) < 4.78 is 1.18. The predicted octanol–water partition coefficient (Wildman–Crippen LogP) is 2.71. The normalized spacial score (nSPS) is 18.6. The molecule has 1 amide bonds. The third kappa shape index (κ3) is 3.82. The molecule has 0 bridgehead atoms. The minimum atomic E-state index is -0.0148. The van der Waals surface area contributed by atoms with Gasteiger partial charge in [-0.2, -0.15) is 0 Å². The van der Waals surface area contributed by atoms with E-state index in [1.54, 1.807) is 0 Å². The van der Waals surface area contributed by atoms with Crippen LogP contribution in [-0.2, 0) is 4.79 Å². The highest BCUT2D eigenvalue weighted by molar-refractivity contribution is 14.1. The molecule has 1 unspecified atom stereocenters. The number of hydrogen-bond donors (Lipinski definition) is 2. The van der Waals surface area contributed by atoms with Crippen LogP contribution in [0.25, 0.3) is 0 Å². The molecule has 1 aliphatic rings. The Hall–Kier alpha value is -0.330. The van der Waals surface area contributed by atoms with Crippen molar-refractivity contribution >= 4 is 46.6 Å². The molecule has 1 fully saturated rings. The molecular weight excluding hydrogens is 351 g/mol. The van der Waals surface area contributed by atoms with E-state index in [9.17, 15) is 4.79 Å². The number of carbonyl (C=O) groups is 1. The Balaban J connectivity index is 0.00000144. The van der Waals surface area contributed by atoms with Gasteiger partial charge in [0.2, 0.25) is 5.91 Å². The molecule has 1 atom stereocenters. The number of anilines is 1. The van der Waals surface area contributed by atoms with E-state index in [2.05, 4.69) is 40.1 Å². The molecule has 2 N–H and O–H groups in total. The Bertz CT molecular complexity index is 405. The standard InChI is InChI=1S/C12H15IN2O.ClH/c1-8-4-5-9(7-10(8)13)15-12(16)11-3-2-6-14-11;/h4-5,7,11,14H,2-3,6H2,1H3,(H,15,16);1H. The molecule has 0 aliphatic carbocycles. The van der Waals surface area contributed by atoms with Crippen LogP contribution in [0.3, 0.4) is 0 Å². The van der Waals surface area contributed by atoms with E-state index in [4.69, 9.17) is 0 Å². The van der Waals surface area contributed by atoms with Gasteiger partial charge in [0, 0.05) is 9.26 Å². The third-order valence-corrected chi connectivity index (χ3v) is 3.98. The monoisotopic (exact) mass is 366 g/mol. The highest BCUT2D eigenvalue weighted by Gasteiger charge is 2.21. The number of carbonyl (C=O) groups excluding carboxylic acids is 1. The Morgan fingerprint density at radius 1 is 1.53 bits per heavy atom. The summed E-state index contributed by atoms with van der Waals surface area (Å²) in [5.74, 6) is 0.0807. The van der Waals surface area contributed by atoms with Crippen molar-refractivity contribution in [3.05, 3.63) is 27.3 Å². The highest BCUT2D eigenvalue weighted by Crippen LogP contribution is 2.18. The number of nitrogens with one attached hydrogen (secondary N) is 2. The van der Waals surface area contributed by atoms with Gasteiger partial charge < -0.3 is 10.6 Å². The Morgan fingerprint density at radius 3 is 2.88 bits per heavy atom. The van der Waals surface area contributed by atoms with Gasteiger partial charge in [0.05, 0.1) is 6.04 Å². The summed E-state index contributed by atoms with van der Waals surface area (Å²) in [6, 6.07) is 5.96. The molecule has 1 heterocycles. The maximum atomic E-state index is 11.8. The number of aryl methyl sites for hydroxylation is 1. The van der Waals surface area contributed by atoms with Gasteiger partial charge in [-0.3, -0.25) is 4.79 Å². The first-order valence-electron chi connectivity index (χ1n) is 5.47. The first-order chi connectivity index (χ1) is 7.66. The Labute approximate surface area is 121 Å². The smallest absolute Gasteiger partial charge is 0.241 e. The van der Waals surface area contributed by atoms with Crippen molar-refractivity contribution in [1.82, 2.24) is 5.32 Å². The molecule has 94 valence electrons. The van der Waals surface area contributed by atoms with Crippen molar-refractivity contribution in [3.8, 4) is 0 Å². The lowest BCUT2D eigenvalue weighted by atomic mass is 10.2. The van der Waals surface area contributed by atoms with Crippen molar-refractivity contribution in [2.45, 2.75) is 25.8 Å². The van der Waals surface area contributed by atoms with Crippen LogP contribution in [-0.4, -0.2) is 18.5 Å². The molecule has 0 radical (unpaired) electrons. The number of hydrogen-bond acceptors (Lipinski definition) is 2. The van der Waals surface area contributed by atoms with Crippen LogP contribution in [0.1, 0.15) is 18.4 Å². The van der Waals surface area contributed by atoms with Crippen LogP contribution in [0, 0.1) is 10.5 Å². The first-order valence-corrected chi connectivity index (χ1v) is 6.55. The number of rotatable bonds is 2. The molecule has 1 saturated heterocycles. The molecule has 3 nitrogen and oxygen atoms in total. The summed E-state index contributed by atoms with van der Waals surface area (Å²) in [6.45, 7) is 3.01. The van der Waals surface area contributed by atoms with E-state index in [0.29, 0.717) is 0 Å². The van der Waals surface area contributed by atoms with Gasteiger partial charge in [-0.1, -0.05) is 6.07 Å². The average Bonchev–Trinajstić information content (AvgIpc) is 2.77. The van der Waals surface area contributed by atoms with E-state index >= 15 is 0 Å². The second-order valence-electron chi connectivity index (χ2n) is 4.10. The van der Waals surface area contributed by atoms with Crippen molar-refractivity contribution in [2.75, 3.05) is 11.9 Å². The lowest BCUT2D eigenvalue weighted by molar-refractivity contribution is -0.117. The predicted molar refractivity (Wildman–Crippen MR) is 80.8 cm³/mol. The zero-order valence-corrected chi connectivity index (χ0v) is 12.6. The van der Waals surface area contributed by atoms with Crippen molar-refractivity contribution < 1.29 is 4.79 Å². The van der Waals surface area contributed by atoms with Crippen LogP contribution in [0.5, 0.6) is 0 Å². The van der Waals surface area contributed by atoms with Gasteiger partial charge >= 0.3 is 0 Å². The van der Waals surface area contributed by atoms with Gasteiger partial charge in [0.15, 0.2) is 0 Å². The minimum Gasteiger partial charge on any atom is -0.325 e. The quantitative estimate of drug-likeness (QED) is 0.790. The van der Waals surface area contributed by atoms with Crippen molar-refractivity contribution in [1.29, 1.82) is 0 Å². The highest BCUT2D eigenvalue weighted by atomic mass is 127. The largest absolute Gasteiger partial charge is 0.325 e. The summed E-state index contributed by atoms with van der Waals surface area (Å²) >= 11 is 2.28. The van der Waals surface area contributed by atoms with Gasteiger partial charge in [-0.05, 0) is 66.6 Å². The second-order valence-corrected chi connectivity index (χ2v) is 5.26. The molecule has 1 aromatic rings. The lowest BCUT2D eigenvalue weighted by Gasteiger charge is -2.11. The number of benzene rings is 1. The Morgan fingerprint density at radius 2 is 2.29 bits per heavy atom. The topological polar surface area (TPSA) is 41.1 Å². The van der Waals surface area contributed by atoms with Crippen molar-refractivity contribution in [2.24, 2.45) is 0 Å². The molecule has 1 aliphatic heterocycles. The molecule has 5 heteroatoms. The minimum absolute atomic E-state index is 0. The van der Waals surface area contributed by atoms with Gasteiger partial charge in [0.1, 0.15) is 0 Å². The summed E-state index contributed by atoms with van der Waals surface area (Å²) in [4.78, 5) is 11.8. The summed E-state index contributed by atoms with van der Waals surface area (Å²) in [6.07, 6.45) is 2.03. The third-order valence-electron chi connectivity index (χ3n) is 2.82. The van der Waals surface area contributed by atoms with Crippen LogP contribution in [0.15, 0.2) is 18.2 Å². The molecule has 2 rings (SSSR count). The fourth-order valence-corrected chi connectivity index (χ4v) is 2.32. The summed E-state index contributed by atoms with van der Waals surface area (Å²) in [5, 5.41) is 6.13. The lowest BCUT2D eigenvalue weighted by Crippen LogP contribution is -2.35. The first kappa shape index (κ1) is 14.7. The molecule has 0 saturated carbocycles. The second kappa shape index (κ2) is 6.56. The van der Waals surface area contributed by atoms with Gasteiger partial charge in [0.25, 0.3) is 0 Å². The van der Waals surface area contributed by atoms with E-state index in [1.165, 1.54) is 9.13 Å². The number of amides is 1. The molecule has 0 aromatic heterocycles.